The Kier molecular flexibility index (Phi) is 6.11. The molecule has 3 rings (SSSR count). The molecular weight excluding hydrogens is 355 g/mol. The summed E-state index contributed by atoms with van der Waals surface area (Å²) >= 11 is 0. The SMILES string of the molecule is CC.Cc1nc2c(F)c(F)ccc2cc1Oc1cccc(F)c1C(C)(C)O. The molecule has 0 saturated heterocycles. The van der Waals surface area contributed by atoms with Crippen LogP contribution in [0.15, 0.2) is 36.4 Å². The van der Waals surface area contributed by atoms with Crippen molar-refractivity contribution in [2.24, 2.45) is 0 Å². The summed E-state index contributed by atoms with van der Waals surface area (Å²) in [5.41, 5.74) is -1.26. The van der Waals surface area contributed by atoms with E-state index in [1.165, 1.54) is 44.2 Å². The highest BCUT2D eigenvalue weighted by Crippen LogP contribution is 2.36. The highest BCUT2D eigenvalue weighted by atomic mass is 19.2. The van der Waals surface area contributed by atoms with Crippen molar-refractivity contribution in [3.05, 3.63) is 65.1 Å². The summed E-state index contributed by atoms with van der Waals surface area (Å²) in [7, 11) is 0. The molecule has 0 radical (unpaired) electrons. The van der Waals surface area contributed by atoms with Gasteiger partial charge < -0.3 is 9.84 Å². The fourth-order valence-corrected chi connectivity index (χ4v) is 2.66. The van der Waals surface area contributed by atoms with Gasteiger partial charge in [-0.3, -0.25) is 0 Å². The van der Waals surface area contributed by atoms with Crippen LogP contribution in [0.1, 0.15) is 39.0 Å². The van der Waals surface area contributed by atoms with E-state index in [1.807, 2.05) is 13.8 Å². The summed E-state index contributed by atoms with van der Waals surface area (Å²) in [6.45, 7) is 8.46. The summed E-state index contributed by atoms with van der Waals surface area (Å²) < 4.78 is 47.1. The lowest BCUT2D eigenvalue weighted by atomic mass is 9.96. The lowest BCUT2D eigenvalue weighted by Gasteiger charge is -2.22. The molecule has 0 unspecified atom stereocenters. The summed E-state index contributed by atoms with van der Waals surface area (Å²) in [6.07, 6.45) is 0. The Hall–Kier alpha value is -2.60. The number of fused-ring (bicyclic) bond motifs is 1. The Morgan fingerprint density at radius 2 is 1.63 bits per heavy atom. The van der Waals surface area contributed by atoms with E-state index < -0.39 is 23.1 Å². The number of benzene rings is 2. The molecule has 3 aromatic rings. The summed E-state index contributed by atoms with van der Waals surface area (Å²) in [6, 6.07) is 8.09. The zero-order valence-electron chi connectivity index (χ0n) is 15.9. The molecule has 144 valence electrons. The number of aromatic nitrogens is 1. The van der Waals surface area contributed by atoms with E-state index in [4.69, 9.17) is 4.74 Å². The molecule has 0 fully saturated rings. The van der Waals surface area contributed by atoms with E-state index in [0.29, 0.717) is 11.1 Å². The van der Waals surface area contributed by atoms with Gasteiger partial charge in [-0.05, 0) is 51.1 Å². The molecule has 0 aliphatic heterocycles. The van der Waals surface area contributed by atoms with Crippen molar-refractivity contribution in [1.29, 1.82) is 0 Å². The van der Waals surface area contributed by atoms with Crippen molar-refractivity contribution in [2.45, 2.75) is 40.2 Å². The predicted molar refractivity (Wildman–Crippen MR) is 99.5 cm³/mol. The summed E-state index contributed by atoms with van der Waals surface area (Å²) in [5.74, 6) is -2.24. The van der Waals surface area contributed by atoms with E-state index in [1.54, 1.807) is 6.92 Å². The first-order valence-corrected chi connectivity index (χ1v) is 8.63. The molecule has 1 N–H and O–H groups in total. The molecule has 0 aliphatic rings. The van der Waals surface area contributed by atoms with Gasteiger partial charge in [0.15, 0.2) is 11.6 Å². The molecule has 3 nitrogen and oxygen atoms in total. The summed E-state index contributed by atoms with van der Waals surface area (Å²) in [5, 5.41) is 10.6. The fourth-order valence-electron chi connectivity index (χ4n) is 2.66. The normalized spacial score (nSPS) is 11.1. The average Bonchev–Trinajstić information content (AvgIpc) is 2.60. The van der Waals surface area contributed by atoms with Crippen molar-refractivity contribution < 1.29 is 23.0 Å². The first kappa shape index (κ1) is 20.7. The monoisotopic (exact) mass is 377 g/mol. The molecule has 0 spiro atoms. The third-order valence-electron chi connectivity index (χ3n) is 3.83. The van der Waals surface area contributed by atoms with Crippen molar-refractivity contribution in [3.63, 3.8) is 0 Å². The number of hydrogen-bond acceptors (Lipinski definition) is 3. The number of nitrogens with zero attached hydrogens (tertiary/aromatic N) is 1. The standard InChI is InChI=1S/C19H16F3NO2.C2H6/c1-10-15(9-11-7-8-13(21)17(22)18(11)23-10)25-14-6-4-5-12(20)16(14)19(2,3)24;1-2/h4-9,24H,1-3H3;1-2H3. The molecular formula is C21H22F3NO2. The van der Waals surface area contributed by atoms with E-state index in [2.05, 4.69) is 4.98 Å². The first-order chi connectivity index (χ1) is 12.7. The van der Waals surface area contributed by atoms with Crippen LogP contribution in [0.3, 0.4) is 0 Å². The highest BCUT2D eigenvalue weighted by Gasteiger charge is 2.26. The van der Waals surface area contributed by atoms with E-state index >= 15 is 0 Å². The van der Waals surface area contributed by atoms with Crippen LogP contribution in [0.4, 0.5) is 13.2 Å². The van der Waals surface area contributed by atoms with Gasteiger partial charge in [0.05, 0.1) is 16.9 Å². The van der Waals surface area contributed by atoms with Crippen molar-refractivity contribution >= 4 is 10.9 Å². The Bertz CT molecular complexity index is 966. The van der Waals surface area contributed by atoms with Crippen molar-refractivity contribution in [2.75, 3.05) is 0 Å². The van der Waals surface area contributed by atoms with Crippen LogP contribution >= 0.6 is 0 Å². The molecule has 0 aliphatic carbocycles. The third-order valence-corrected chi connectivity index (χ3v) is 3.83. The second-order valence-electron chi connectivity index (χ2n) is 6.28. The molecule has 1 heterocycles. The van der Waals surface area contributed by atoms with Gasteiger partial charge in [0.25, 0.3) is 0 Å². The molecule has 2 aromatic carbocycles. The van der Waals surface area contributed by atoms with Gasteiger partial charge in [-0.1, -0.05) is 19.9 Å². The smallest absolute Gasteiger partial charge is 0.184 e. The number of ether oxygens (including phenoxy) is 1. The number of aliphatic hydroxyl groups is 1. The average molecular weight is 377 g/mol. The largest absolute Gasteiger partial charge is 0.455 e. The second kappa shape index (κ2) is 7.96. The van der Waals surface area contributed by atoms with Gasteiger partial charge in [0.1, 0.15) is 22.8 Å². The van der Waals surface area contributed by atoms with Crippen LogP contribution in [-0.2, 0) is 5.60 Å². The van der Waals surface area contributed by atoms with Gasteiger partial charge in [-0.15, -0.1) is 0 Å². The fraction of sp³-hybridized carbons (Fsp3) is 0.286. The Morgan fingerprint density at radius 1 is 0.963 bits per heavy atom. The first-order valence-electron chi connectivity index (χ1n) is 8.63. The van der Waals surface area contributed by atoms with Gasteiger partial charge in [-0.2, -0.15) is 0 Å². The third kappa shape index (κ3) is 4.22. The number of rotatable bonds is 3. The molecule has 0 atom stereocenters. The molecule has 0 amide bonds. The minimum atomic E-state index is -1.46. The Morgan fingerprint density at radius 3 is 2.26 bits per heavy atom. The molecule has 6 heteroatoms. The van der Waals surface area contributed by atoms with Crippen molar-refractivity contribution in [1.82, 2.24) is 4.98 Å². The van der Waals surface area contributed by atoms with Gasteiger partial charge in [0, 0.05) is 5.39 Å². The van der Waals surface area contributed by atoms with Crippen LogP contribution < -0.4 is 4.74 Å². The van der Waals surface area contributed by atoms with Crippen molar-refractivity contribution in [3.8, 4) is 11.5 Å². The Balaban J connectivity index is 0.00000126. The lowest BCUT2D eigenvalue weighted by molar-refractivity contribution is 0.0720. The van der Waals surface area contributed by atoms with Gasteiger partial charge in [0.2, 0.25) is 0 Å². The molecule has 0 bridgehead atoms. The van der Waals surface area contributed by atoms with Gasteiger partial charge in [-0.25, -0.2) is 18.2 Å². The zero-order valence-corrected chi connectivity index (χ0v) is 15.9. The van der Waals surface area contributed by atoms with Gasteiger partial charge >= 0.3 is 0 Å². The van der Waals surface area contributed by atoms with E-state index in [0.717, 1.165) is 6.07 Å². The zero-order chi connectivity index (χ0) is 20.4. The van der Waals surface area contributed by atoms with Crippen LogP contribution in [0.2, 0.25) is 0 Å². The summed E-state index contributed by atoms with van der Waals surface area (Å²) in [4.78, 5) is 4.05. The maximum Gasteiger partial charge on any atom is 0.184 e. The maximum atomic E-state index is 14.2. The Labute approximate surface area is 156 Å². The molecule has 0 saturated carbocycles. The maximum absolute atomic E-state index is 14.2. The molecule has 27 heavy (non-hydrogen) atoms. The number of halogens is 3. The number of aryl methyl sites for hydroxylation is 1. The van der Waals surface area contributed by atoms with Crippen LogP contribution in [0.25, 0.3) is 10.9 Å². The minimum Gasteiger partial charge on any atom is -0.455 e. The minimum absolute atomic E-state index is 0.000200. The van der Waals surface area contributed by atoms with Crippen LogP contribution in [0.5, 0.6) is 11.5 Å². The lowest BCUT2D eigenvalue weighted by Crippen LogP contribution is -2.18. The second-order valence-corrected chi connectivity index (χ2v) is 6.28. The van der Waals surface area contributed by atoms with E-state index in [-0.39, 0.29) is 22.6 Å². The topological polar surface area (TPSA) is 42.4 Å². The predicted octanol–water partition coefficient (Wildman–Crippen LogP) is 6.01. The van der Waals surface area contributed by atoms with Crippen LogP contribution in [-0.4, -0.2) is 10.1 Å². The number of pyridine rings is 1. The number of hydrogen-bond donors (Lipinski definition) is 1. The molecule has 1 aromatic heterocycles. The quantitative estimate of drug-likeness (QED) is 0.608. The highest BCUT2D eigenvalue weighted by molar-refractivity contribution is 5.81. The van der Waals surface area contributed by atoms with E-state index in [9.17, 15) is 18.3 Å². The van der Waals surface area contributed by atoms with Crippen LogP contribution in [0, 0.1) is 24.4 Å².